The van der Waals surface area contributed by atoms with Crippen molar-refractivity contribution < 1.29 is 4.79 Å². The van der Waals surface area contributed by atoms with Crippen LogP contribution < -0.4 is 0 Å². The summed E-state index contributed by atoms with van der Waals surface area (Å²) >= 11 is 1.66. The molecule has 1 unspecified atom stereocenters. The number of hydrogen-bond acceptors (Lipinski definition) is 4. The Bertz CT molecular complexity index is 377. The second-order valence-electron chi connectivity index (χ2n) is 4.19. The van der Waals surface area contributed by atoms with Crippen LogP contribution in [-0.4, -0.2) is 34.1 Å². The summed E-state index contributed by atoms with van der Waals surface area (Å²) in [6, 6.07) is 0. The number of carbonyl (C=O) groups excluding carboxylic acids is 1. The van der Waals surface area contributed by atoms with E-state index in [0.717, 1.165) is 35.9 Å². The number of amides is 1. The Morgan fingerprint density at radius 1 is 1.56 bits per heavy atom. The van der Waals surface area contributed by atoms with Crippen LogP contribution in [0.2, 0.25) is 0 Å². The van der Waals surface area contributed by atoms with Crippen molar-refractivity contribution in [2.24, 2.45) is 0 Å². The van der Waals surface area contributed by atoms with Gasteiger partial charge in [0, 0.05) is 25.4 Å². The van der Waals surface area contributed by atoms with Gasteiger partial charge in [-0.1, -0.05) is 6.92 Å². The molecule has 5 heteroatoms. The van der Waals surface area contributed by atoms with E-state index in [0.29, 0.717) is 12.3 Å². The fourth-order valence-corrected chi connectivity index (χ4v) is 2.93. The highest BCUT2D eigenvalue weighted by Gasteiger charge is 2.25. The fourth-order valence-electron chi connectivity index (χ4n) is 2.11. The molecule has 1 fully saturated rings. The van der Waals surface area contributed by atoms with E-state index >= 15 is 0 Å². The normalized spacial score (nSPS) is 21.1. The summed E-state index contributed by atoms with van der Waals surface area (Å²) in [6.07, 6.45) is 2.80. The van der Waals surface area contributed by atoms with E-state index < -0.39 is 0 Å². The molecule has 0 aliphatic carbocycles. The first kappa shape index (κ1) is 11.5. The Balaban J connectivity index is 2.04. The van der Waals surface area contributed by atoms with Gasteiger partial charge in [-0.2, -0.15) is 0 Å². The molecule has 1 amide bonds. The van der Waals surface area contributed by atoms with Gasteiger partial charge in [-0.15, -0.1) is 21.5 Å². The lowest BCUT2D eigenvalue weighted by Gasteiger charge is -2.31. The van der Waals surface area contributed by atoms with Gasteiger partial charge in [0.05, 0.1) is 0 Å². The lowest BCUT2D eigenvalue weighted by molar-refractivity contribution is -0.132. The van der Waals surface area contributed by atoms with Crippen LogP contribution in [0.1, 0.15) is 42.1 Å². The van der Waals surface area contributed by atoms with Crippen molar-refractivity contribution in [1.82, 2.24) is 15.1 Å². The highest BCUT2D eigenvalue weighted by Crippen LogP contribution is 2.28. The van der Waals surface area contributed by atoms with Crippen molar-refractivity contribution >= 4 is 17.2 Å². The summed E-state index contributed by atoms with van der Waals surface area (Å²) in [7, 11) is 0. The highest BCUT2D eigenvalue weighted by molar-refractivity contribution is 7.11. The standard InChI is InChI=1S/C11H17N3OS/c1-3-10(15)14-6-4-5-9(7-14)11-13-12-8(2)16-11/h9H,3-7H2,1-2H3. The van der Waals surface area contributed by atoms with Crippen molar-refractivity contribution in [2.75, 3.05) is 13.1 Å². The number of piperidine rings is 1. The van der Waals surface area contributed by atoms with Gasteiger partial charge in [-0.3, -0.25) is 4.79 Å². The molecule has 0 spiro atoms. The minimum Gasteiger partial charge on any atom is -0.342 e. The van der Waals surface area contributed by atoms with E-state index in [9.17, 15) is 4.79 Å². The number of aryl methyl sites for hydroxylation is 1. The van der Waals surface area contributed by atoms with Crippen LogP contribution >= 0.6 is 11.3 Å². The van der Waals surface area contributed by atoms with Crippen LogP contribution in [0, 0.1) is 6.92 Å². The summed E-state index contributed by atoms with van der Waals surface area (Å²) in [6.45, 7) is 5.61. The molecule has 1 aliphatic heterocycles. The van der Waals surface area contributed by atoms with E-state index in [2.05, 4.69) is 10.2 Å². The molecule has 0 radical (unpaired) electrons. The first-order chi connectivity index (χ1) is 7.70. The van der Waals surface area contributed by atoms with Crippen molar-refractivity contribution in [3.63, 3.8) is 0 Å². The Morgan fingerprint density at radius 2 is 2.38 bits per heavy atom. The number of rotatable bonds is 2. The number of nitrogens with zero attached hydrogens (tertiary/aromatic N) is 3. The molecule has 4 nitrogen and oxygen atoms in total. The van der Waals surface area contributed by atoms with Crippen LogP contribution in [0.15, 0.2) is 0 Å². The van der Waals surface area contributed by atoms with Gasteiger partial charge in [0.1, 0.15) is 10.0 Å². The van der Waals surface area contributed by atoms with Gasteiger partial charge >= 0.3 is 0 Å². The second-order valence-corrected chi connectivity index (χ2v) is 5.41. The van der Waals surface area contributed by atoms with E-state index in [1.807, 2.05) is 18.7 Å². The van der Waals surface area contributed by atoms with E-state index in [-0.39, 0.29) is 5.91 Å². The third kappa shape index (κ3) is 2.40. The van der Waals surface area contributed by atoms with Crippen molar-refractivity contribution in [3.8, 4) is 0 Å². The fraction of sp³-hybridized carbons (Fsp3) is 0.727. The van der Waals surface area contributed by atoms with E-state index in [4.69, 9.17) is 0 Å². The molecule has 2 heterocycles. The maximum absolute atomic E-state index is 11.6. The Labute approximate surface area is 99.7 Å². The highest BCUT2D eigenvalue weighted by atomic mass is 32.1. The topological polar surface area (TPSA) is 46.1 Å². The predicted octanol–water partition coefficient (Wildman–Crippen LogP) is 1.96. The maximum atomic E-state index is 11.6. The minimum absolute atomic E-state index is 0.255. The van der Waals surface area contributed by atoms with Gasteiger partial charge in [0.2, 0.25) is 5.91 Å². The molecule has 0 bridgehead atoms. The molecule has 1 saturated heterocycles. The average Bonchev–Trinajstić information content (AvgIpc) is 2.75. The van der Waals surface area contributed by atoms with Crippen molar-refractivity contribution in [2.45, 2.75) is 39.0 Å². The molecule has 16 heavy (non-hydrogen) atoms. The lowest BCUT2D eigenvalue weighted by Crippen LogP contribution is -2.38. The van der Waals surface area contributed by atoms with Crippen molar-refractivity contribution in [1.29, 1.82) is 0 Å². The molecular formula is C11H17N3OS. The summed E-state index contributed by atoms with van der Waals surface area (Å²) < 4.78 is 0. The average molecular weight is 239 g/mol. The number of hydrogen-bond donors (Lipinski definition) is 0. The van der Waals surface area contributed by atoms with E-state index in [1.165, 1.54) is 0 Å². The van der Waals surface area contributed by atoms with Gasteiger partial charge in [-0.05, 0) is 19.8 Å². The maximum Gasteiger partial charge on any atom is 0.222 e. The molecule has 1 aliphatic rings. The minimum atomic E-state index is 0.255. The molecular weight excluding hydrogens is 222 g/mol. The number of likely N-dealkylation sites (tertiary alicyclic amines) is 1. The molecule has 0 aromatic carbocycles. The summed E-state index contributed by atoms with van der Waals surface area (Å²) in [4.78, 5) is 13.6. The largest absolute Gasteiger partial charge is 0.342 e. The zero-order valence-corrected chi connectivity index (χ0v) is 10.6. The first-order valence-corrected chi connectivity index (χ1v) is 6.60. The summed E-state index contributed by atoms with van der Waals surface area (Å²) in [5.74, 6) is 0.654. The van der Waals surface area contributed by atoms with Gasteiger partial charge in [-0.25, -0.2) is 0 Å². The van der Waals surface area contributed by atoms with Gasteiger partial charge < -0.3 is 4.90 Å². The number of aromatic nitrogens is 2. The zero-order chi connectivity index (χ0) is 11.5. The SMILES string of the molecule is CCC(=O)N1CCCC(c2nnc(C)s2)C1. The monoisotopic (exact) mass is 239 g/mol. The predicted molar refractivity (Wildman–Crippen MR) is 63.5 cm³/mol. The smallest absolute Gasteiger partial charge is 0.222 e. The molecule has 2 rings (SSSR count). The molecule has 0 N–H and O–H groups in total. The quantitative estimate of drug-likeness (QED) is 0.792. The van der Waals surface area contributed by atoms with Crippen LogP contribution in [0.25, 0.3) is 0 Å². The zero-order valence-electron chi connectivity index (χ0n) is 9.77. The van der Waals surface area contributed by atoms with Crippen LogP contribution in [0.3, 0.4) is 0 Å². The summed E-state index contributed by atoms with van der Waals surface area (Å²) in [5, 5.41) is 10.3. The third-order valence-corrected chi connectivity index (χ3v) is 3.97. The van der Waals surface area contributed by atoms with Gasteiger partial charge in [0.15, 0.2) is 0 Å². The Morgan fingerprint density at radius 3 is 3.00 bits per heavy atom. The molecule has 1 aromatic heterocycles. The Hall–Kier alpha value is -0.970. The van der Waals surface area contributed by atoms with Crippen molar-refractivity contribution in [3.05, 3.63) is 10.0 Å². The molecule has 1 atom stereocenters. The summed E-state index contributed by atoms with van der Waals surface area (Å²) in [5.41, 5.74) is 0. The molecule has 0 saturated carbocycles. The van der Waals surface area contributed by atoms with E-state index in [1.54, 1.807) is 11.3 Å². The van der Waals surface area contributed by atoms with Gasteiger partial charge in [0.25, 0.3) is 0 Å². The molecule has 88 valence electrons. The number of carbonyl (C=O) groups is 1. The second kappa shape index (κ2) is 4.91. The van der Waals surface area contributed by atoms with Crippen LogP contribution in [0.4, 0.5) is 0 Å². The Kier molecular flexibility index (Phi) is 3.53. The third-order valence-electron chi connectivity index (χ3n) is 2.97. The van der Waals surface area contributed by atoms with Crippen LogP contribution in [-0.2, 0) is 4.79 Å². The van der Waals surface area contributed by atoms with Crippen LogP contribution in [0.5, 0.6) is 0 Å². The lowest BCUT2D eigenvalue weighted by atomic mass is 9.98. The first-order valence-electron chi connectivity index (χ1n) is 5.78. The molecule has 1 aromatic rings.